The smallest absolute Gasteiger partial charge is 0.163 e. The lowest BCUT2D eigenvalue weighted by atomic mass is 9.97. The summed E-state index contributed by atoms with van der Waals surface area (Å²) < 4.78 is 36.2. The van der Waals surface area contributed by atoms with E-state index in [4.69, 9.17) is 28.4 Å². The van der Waals surface area contributed by atoms with Gasteiger partial charge in [-0.3, -0.25) is 4.90 Å². The number of hydrogen-bond acceptors (Lipinski definition) is 7. The van der Waals surface area contributed by atoms with Gasteiger partial charge < -0.3 is 28.4 Å². The molecule has 0 unspecified atom stereocenters. The number of likely N-dealkylation sites (tertiary alicyclic amines) is 1. The van der Waals surface area contributed by atoms with Crippen LogP contribution in [-0.4, -0.2) is 74.0 Å². The van der Waals surface area contributed by atoms with E-state index >= 15 is 0 Å². The van der Waals surface area contributed by atoms with Gasteiger partial charge in [0, 0.05) is 20.2 Å². The Bertz CT molecular complexity index is 696. The second-order valence-electron chi connectivity index (χ2n) is 9.28. The lowest BCUT2D eigenvalue weighted by molar-refractivity contribution is -0.175. The van der Waals surface area contributed by atoms with Crippen LogP contribution in [0, 0.1) is 0 Å². The summed E-state index contributed by atoms with van der Waals surface area (Å²) >= 11 is 0. The molecule has 30 heavy (non-hydrogen) atoms. The van der Waals surface area contributed by atoms with Gasteiger partial charge in [0.2, 0.25) is 0 Å². The van der Waals surface area contributed by atoms with Crippen LogP contribution in [0.5, 0.6) is 0 Å². The van der Waals surface area contributed by atoms with Crippen LogP contribution in [0.15, 0.2) is 30.3 Å². The van der Waals surface area contributed by atoms with Crippen molar-refractivity contribution >= 4 is 0 Å². The van der Waals surface area contributed by atoms with E-state index in [0.29, 0.717) is 6.61 Å². The van der Waals surface area contributed by atoms with E-state index in [2.05, 4.69) is 29.2 Å². The monoisotopic (exact) mass is 421 g/mol. The molecule has 3 aliphatic rings. The first-order chi connectivity index (χ1) is 14.3. The summed E-state index contributed by atoms with van der Waals surface area (Å²) in [5.74, 6) is -1.31. The summed E-state index contributed by atoms with van der Waals surface area (Å²) in [5.41, 5.74) is 1.27. The van der Waals surface area contributed by atoms with Crippen molar-refractivity contribution in [3.63, 3.8) is 0 Å². The molecule has 5 atom stereocenters. The SMILES string of the molecule is COCO[C@@H]1CCN(Cc2ccccc2)[C@@H]1[C@@H]1OC(C)(C)O[C@@H]1[C@@H]1COC(C)(C)O1. The zero-order chi connectivity index (χ0) is 21.4. The van der Waals surface area contributed by atoms with Crippen LogP contribution < -0.4 is 0 Å². The third kappa shape index (κ3) is 4.88. The zero-order valence-corrected chi connectivity index (χ0v) is 18.7. The summed E-state index contributed by atoms with van der Waals surface area (Å²) in [6, 6.07) is 10.5. The highest BCUT2D eigenvalue weighted by atomic mass is 16.8. The van der Waals surface area contributed by atoms with Gasteiger partial charge in [0.15, 0.2) is 11.6 Å². The van der Waals surface area contributed by atoms with Gasteiger partial charge in [0.1, 0.15) is 25.1 Å². The minimum Gasteiger partial charge on any atom is -0.359 e. The van der Waals surface area contributed by atoms with Crippen molar-refractivity contribution in [2.45, 2.75) is 82.7 Å². The number of ether oxygens (including phenoxy) is 6. The summed E-state index contributed by atoms with van der Waals surface area (Å²) in [4.78, 5) is 2.44. The first-order valence-corrected chi connectivity index (χ1v) is 10.8. The minimum absolute atomic E-state index is 0.00556. The fraction of sp³-hybridized carbons (Fsp3) is 0.739. The van der Waals surface area contributed by atoms with E-state index in [1.807, 2.05) is 33.8 Å². The molecule has 1 aromatic rings. The molecular weight excluding hydrogens is 386 g/mol. The highest BCUT2D eigenvalue weighted by Crippen LogP contribution is 2.41. The molecule has 3 heterocycles. The van der Waals surface area contributed by atoms with E-state index in [9.17, 15) is 0 Å². The molecule has 3 saturated heterocycles. The molecule has 0 spiro atoms. The molecule has 3 aliphatic heterocycles. The van der Waals surface area contributed by atoms with Gasteiger partial charge in [-0.2, -0.15) is 0 Å². The summed E-state index contributed by atoms with van der Waals surface area (Å²) in [6.07, 6.45) is 0.289. The highest BCUT2D eigenvalue weighted by molar-refractivity contribution is 5.15. The lowest BCUT2D eigenvalue weighted by Crippen LogP contribution is -2.53. The van der Waals surface area contributed by atoms with Crippen LogP contribution in [0.3, 0.4) is 0 Å². The van der Waals surface area contributed by atoms with Crippen LogP contribution >= 0.6 is 0 Å². The van der Waals surface area contributed by atoms with Gasteiger partial charge in [-0.05, 0) is 39.7 Å². The maximum Gasteiger partial charge on any atom is 0.163 e. The molecule has 168 valence electrons. The number of rotatable bonds is 7. The van der Waals surface area contributed by atoms with E-state index in [0.717, 1.165) is 19.5 Å². The molecule has 4 rings (SSSR count). The lowest BCUT2D eigenvalue weighted by Gasteiger charge is -2.35. The standard InChI is InChI=1S/C23H35NO6/c1-22(2)27-14-18(28-22)20-21(30-23(3,4)29-20)19-17(26-15-25-5)11-12-24(19)13-16-9-7-6-8-10-16/h6-10,17-21H,11-15H2,1-5H3/t17-,18+,19+,20-,21+/m1/s1. The molecule has 0 N–H and O–H groups in total. The Labute approximate surface area is 179 Å². The number of nitrogens with zero attached hydrogens (tertiary/aromatic N) is 1. The Balaban J connectivity index is 1.58. The zero-order valence-electron chi connectivity index (χ0n) is 18.7. The first kappa shape index (κ1) is 22.1. The molecule has 3 fully saturated rings. The summed E-state index contributed by atoms with van der Waals surface area (Å²) in [6.45, 7) is 10.3. The topological polar surface area (TPSA) is 58.6 Å². The molecule has 0 amide bonds. The third-order valence-electron chi connectivity index (χ3n) is 6.03. The van der Waals surface area contributed by atoms with Crippen LogP contribution in [0.25, 0.3) is 0 Å². The van der Waals surface area contributed by atoms with Gasteiger partial charge in [0.25, 0.3) is 0 Å². The van der Waals surface area contributed by atoms with Gasteiger partial charge in [-0.1, -0.05) is 30.3 Å². The van der Waals surface area contributed by atoms with E-state index in [-0.39, 0.29) is 37.3 Å². The minimum atomic E-state index is -0.696. The van der Waals surface area contributed by atoms with Crippen molar-refractivity contribution < 1.29 is 28.4 Å². The average molecular weight is 422 g/mol. The van der Waals surface area contributed by atoms with Crippen LogP contribution in [0.2, 0.25) is 0 Å². The van der Waals surface area contributed by atoms with E-state index in [1.165, 1.54) is 5.56 Å². The first-order valence-electron chi connectivity index (χ1n) is 10.8. The van der Waals surface area contributed by atoms with Crippen LogP contribution in [0.1, 0.15) is 39.7 Å². The molecule has 0 radical (unpaired) electrons. The number of methoxy groups -OCH3 is 1. The fourth-order valence-corrected chi connectivity index (χ4v) is 4.85. The van der Waals surface area contributed by atoms with Crippen LogP contribution in [0.4, 0.5) is 0 Å². The molecule has 0 bridgehead atoms. The summed E-state index contributed by atoms with van der Waals surface area (Å²) in [5, 5.41) is 0. The normalized spacial score (nSPS) is 35.8. The van der Waals surface area contributed by atoms with E-state index < -0.39 is 11.6 Å². The average Bonchev–Trinajstić information content (AvgIpc) is 3.35. The van der Waals surface area contributed by atoms with Gasteiger partial charge in [-0.15, -0.1) is 0 Å². The number of hydrogen-bond donors (Lipinski definition) is 0. The Morgan fingerprint density at radius 1 is 1.00 bits per heavy atom. The molecule has 0 aromatic heterocycles. The maximum atomic E-state index is 6.48. The second kappa shape index (κ2) is 8.82. The Hall–Kier alpha value is -1.06. The molecule has 1 aromatic carbocycles. The Kier molecular flexibility index (Phi) is 6.51. The molecule has 0 saturated carbocycles. The maximum absolute atomic E-state index is 6.48. The quantitative estimate of drug-likeness (QED) is 0.628. The van der Waals surface area contributed by atoms with Gasteiger partial charge in [-0.25, -0.2) is 0 Å². The molecule has 0 aliphatic carbocycles. The Morgan fingerprint density at radius 3 is 2.40 bits per heavy atom. The van der Waals surface area contributed by atoms with Crippen molar-refractivity contribution in [1.29, 1.82) is 0 Å². The van der Waals surface area contributed by atoms with Crippen molar-refractivity contribution in [1.82, 2.24) is 4.90 Å². The Morgan fingerprint density at radius 2 is 1.73 bits per heavy atom. The van der Waals surface area contributed by atoms with Gasteiger partial charge >= 0.3 is 0 Å². The molecule has 7 heteroatoms. The van der Waals surface area contributed by atoms with Crippen LogP contribution in [-0.2, 0) is 35.0 Å². The predicted molar refractivity (Wildman–Crippen MR) is 111 cm³/mol. The van der Waals surface area contributed by atoms with Gasteiger partial charge in [0.05, 0.1) is 18.8 Å². The third-order valence-corrected chi connectivity index (χ3v) is 6.03. The second-order valence-corrected chi connectivity index (χ2v) is 9.28. The fourth-order valence-electron chi connectivity index (χ4n) is 4.85. The number of benzene rings is 1. The largest absolute Gasteiger partial charge is 0.359 e. The van der Waals surface area contributed by atoms with Crippen molar-refractivity contribution in [3.8, 4) is 0 Å². The van der Waals surface area contributed by atoms with Crippen molar-refractivity contribution in [3.05, 3.63) is 35.9 Å². The predicted octanol–water partition coefficient (Wildman–Crippen LogP) is 2.92. The van der Waals surface area contributed by atoms with Crippen molar-refractivity contribution in [2.24, 2.45) is 0 Å². The molecular formula is C23H35NO6. The van der Waals surface area contributed by atoms with E-state index in [1.54, 1.807) is 7.11 Å². The molecule has 7 nitrogen and oxygen atoms in total. The highest BCUT2D eigenvalue weighted by Gasteiger charge is 2.56. The summed E-state index contributed by atoms with van der Waals surface area (Å²) in [7, 11) is 1.65. The van der Waals surface area contributed by atoms with Crippen molar-refractivity contribution in [2.75, 3.05) is 27.1 Å².